The molecule has 0 aliphatic carbocycles. The molecule has 0 bridgehead atoms. The Kier molecular flexibility index (Phi) is 5.76. The van der Waals surface area contributed by atoms with Crippen LogP contribution in [0.4, 0.5) is 5.69 Å². The van der Waals surface area contributed by atoms with E-state index in [0.717, 1.165) is 49.9 Å². The number of carbonyl (C=O) groups excluding carboxylic acids is 2. The molecule has 2 aliphatic heterocycles. The van der Waals surface area contributed by atoms with Crippen molar-refractivity contribution in [2.45, 2.75) is 51.0 Å². The molecule has 2 heterocycles. The highest BCUT2D eigenvalue weighted by Crippen LogP contribution is 2.45. The van der Waals surface area contributed by atoms with Crippen LogP contribution in [0.5, 0.6) is 0 Å². The first-order valence-electron chi connectivity index (χ1n) is 9.26. The van der Waals surface area contributed by atoms with E-state index in [9.17, 15) is 9.59 Å². The minimum Gasteiger partial charge on any atom is -0.468 e. The zero-order valence-corrected chi connectivity index (χ0v) is 16.2. The fraction of sp³-hybridized carbons (Fsp3) is 0.600. The highest BCUT2D eigenvalue weighted by Gasteiger charge is 2.57. The van der Waals surface area contributed by atoms with Crippen LogP contribution in [0.1, 0.15) is 44.1 Å². The van der Waals surface area contributed by atoms with E-state index in [0.29, 0.717) is 17.9 Å². The second-order valence-electron chi connectivity index (χ2n) is 7.14. The van der Waals surface area contributed by atoms with Crippen molar-refractivity contribution in [3.8, 4) is 0 Å². The summed E-state index contributed by atoms with van der Waals surface area (Å²) in [7, 11) is 2.68. The van der Waals surface area contributed by atoms with Crippen LogP contribution in [0.25, 0.3) is 0 Å². The average molecular weight is 380 g/mol. The lowest BCUT2D eigenvalue weighted by Crippen LogP contribution is -2.57. The van der Waals surface area contributed by atoms with Crippen LogP contribution in [0.3, 0.4) is 0 Å². The number of anilines is 1. The highest BCUT2D eigenvalue weighted by molar-refractivity contribution is 6.30. The maximum absolute atomic E-state index is 12.9. The number of methoxy groups -OCH3 is 2. The van der Waals surface area contributed by atoms with Crippen molar-refractivity contribution in [2.24, 2.45) is 5.41 Å². The molecule has 1 aromatic rings. The van der Waals surface area contributed by atoms with Gasteiger partial charge in [0, 0.05) is 17.3 Å². The van der Waals surface area contributed by atoms with E-state index in [1.165, 1.54) is 14.2 Å². The van der Waals surface area contributed by atoms with Gasteiger partial charge in [0.25, 0.3) is 0 Å². The minimum atomic E-state index is -1.31. The molecule has 0 saturated carbocycles. The molecule has 142 valence electrons. The van der Waals surface area contributed by atoms with E-state index in [2.05, 4.69) is 4.90 Å². The molecule has 2 aliphatic rings. The first-order chi connectivity index (χ1) is 12.5. The molecule has 0 N–H and O–H groups in total. The lowest BCUT2D eigenvalue weighted by molar-refractivity contribution is -0.171. The maximum atomic E-state index is 12.9. The summed E-state index contributed by atoms with van der Waals surface area (Å²) >= 11 is 6.27. The Labute approximate surface area is 159 Å². The van der Waals surface area contributed by atoms with Gasteiger partial charge in [-0.3, -0.25) is 9.59 Å². The first kappa shape index (κ1) is 19.0. The van der Waals surface area contributed by atoms with Crippen molar-refractivity contribution < 1.29 is 19.1 Å². The summed E-state index contributed by atoms with van der Waals surface area (Å²) in [6.07, 6.45) is 5.95. The molecule has 5 nitrogen and oxygen atoms in total. The maximum Gasteiger partial charge on any atom is 0.325 e. The predicted octanol–water partition coefficient (Wildman–Crippen LogP) is 3.76. The monoisotopic (exact) mass is 379 g/mol. The number of carbonyl (C=O) groups is 2. The van der Waals surface area contributed by atoms with Crippen LogP contribution < -0.4 is 4.90 Å². The summed E-state index contributed by atoms with van der Waals surface area (Å²) < 4.78 is 10.2. The van der Waals surface area contributed by atoms with Crippen LogP contribution in [0, 0.1) is 5.41 Å². The molecule has 1 unspecified atom stereocenters. The van der Waals surface area contributed by atoms with Gasteiger partial charge in [-0.2, -0.15) is 0 Å². The molecule has 1 aromatic carbocycles. The molecular formula is C20H26ClNO4. The Hall–Kier alpha value is -1.75. The number of hydrogen-bond donors (Lipinski definition) is 0. The van der Waals surface area contributed by atoms with Crippen molar-refractivity contribution in [3.63, 3.8) is 0 Å². The second kappa shape index (κ2) is 7.87. The third kappa shape index (κ3) is 3.18. The zero-order chi connectivity index (χ0) is 18.7. The van der Waals surface area contributed by atoms with Crippen LogP contribution in [-0.4, -0.2) is 38.7 Å². The standard InChI is InChI=1S/C20H26ClNO4/c1-25-18(23)20(19(24)26-2)11-10-14-8-9-15(21)13-16(14)22-12-6-4-3-5-7-17(20)22/h8-9,13,17H,3-7,10-12H2,1-2H3. The third-order valence-electron chi connectivity index (χ3n) is 5.82. The van der Waals surface area contributed by atoms with Gasteiger partial charge in [-0.25, -0.2) is 0 Å². The first-order valence-corrected chi connectivity index (χ1v) is 9.64. The fourth-order valence-electron chi connectivity index (χ4n) is 4.52. The average Bonchev–Trinajstić information content (AvgIpc) is 2.75. The Morgan fingerprint density at radius 1 is 1.12 bits per heavy atom. The Bertz CT molecular complexity index is 674. The van der Waals surface area contributed by atoms with Crippen LogP contribution in [-0.2, 0) is 25.5 Å². The van der Waals surface area contributed by atoms with Gasteiger partial charge in [0.05, 0.1) is 20.3 Å². The molecule has 1 fully saturated rings. The number of halogens is 1. The van der Waals surface area contributed by atoms with Gasteiger partial charge in [0.1, 0.15) is 0 Å². The third-order valence-corrected chi connectivity index (χ3v) is 6.05. The van der Waals surface area contributed by atoms with Crippen molar-refractivity contribution in [3.05, 3.63) is 28.8 Å². The summed E-state index contributed by atoms with van der Waals surface area (Å²) in [6, 6.07) is 5.53. The highest BCUT2D eigenvalue weighted by atomic mass is 35.5. The predicted molar refractivity (Wildman–Crippen MR) is 100 cm³/mol. The second-order valence-corrected chi connectivity index (χ2v) is 7.58. The van der Waals surface area contributed by atoms with Crippen molar-refractivity contribution in [1.29, 1.82) is 0 Å². The van der Waals surface area contributed by atoms with Crippen molar-refractivity contribution in [1.82, 2.24) is 0 Å². The Balaban J connectivity index is 2.18. The van der Waals surface area contributed by atoms with Gasteiger partial charge < -0.3 is 14.4 Å². The molecule has 0 spiro atoms. The summed E-state index contributed by atoms with van der Waals surface area (Å²) in [5, 5.41) is 0.660. The summed E-state index contributed by atoms with van der Waals surface area (Å²) in [6.45, 7) is 0.785. The van der Waals surface area contributed by atoms with Crippen LogP contribution in [0.15, 0.2) is 18.2 Å². The quantitative estimate of drug-likeness (QED) is 0.578. The number of benzene rings is 1. The lowest BCUT2D eigenvalue weighted by Gasteiger charge is -2.43. The van der Waals surface area contributed by atoms with E-state index >= 15 is 0 Å². The van der Waals surface area contributed by atoms with Crippen molar-refractivity contribution in [2.75, 3.05) is 25.7 Å². The van der Waals surface area contributed by atoms with Gasteiger partial charge in [-0.1, -0.05) is 36.9 Å². The van der Waals surface area contributed by atoms with E-state index in [4.69, 9.17) is 21.1 Å². The minimum absolute atomic E-state index is 0.289. The number of ether oxygens (including phenoxy) is 2. The van der Waals surface area contributed by atoms with E-state index < -0.39 is 17.4 Å². The number of nitrogens with zero attached hydrogens (tertiary/aromatic N) is 1. The summed E-state index contributed by atoms with van der Waals surface area (Å²) in [5.74, 6) is -1.00. The van der Waals surface area contributed by atoms with Gasteiger partial charge in [-0.05, 0) is 43.4 Å². The number of aryl methyl sites for hydroxylation is 1. The van der Waals surface area contributed by atoms with Crippen molar-refractivity contribution >= 4 is 29.2 Å². The fourth-order valence-corrected chi connectivity index (χ4v) is 4.69. The van der Waals surface area contributed by atoms with Gasteiger partial charge in [-0.15, -0.1) is 0 Å². The summed E-state index contributed by atoms with van der Waals surface area (Å²) in [4.78, 5) is 28.1. The molecule has 3 rings (SSSR count). The van der Waals surface area contributed by atoms with Crippen LogP contribution >= 0.6 is 11.6 Å². The van der Waals surface area contributed by atoms with E-state index in [1.807, 2.05) is 18.2 Å². The summed E-state index contributed by atoms with van der Waals surface area (Å²) in [5.41, 5.74) is 0.820. The molecule has 1 atom stereocenters. The topological polar surface area (TPSA) is 55.8 Å². The molecule has 26 heavy (non-hydrogen) atoms. The number of hydrogen-bond acceptors (Lipinski definition) is 5. The molecule has 0 aromatic heterocycles. The smallest absolute Gasteiger partial charge is 0.325 e. The Morgan fingerprint density at radius 3 is 2.50 bits per heavy atom. The molecule has 1 saturated heterocycles. The SMILES string of the molecule is COC(=O)C1(C(=O)OC)CCc2ccc(Cl)cc2N2CCCCCCC21. The van der Waals surface area contributed by atoms with E-state index in [-0.39, 0.29) is 6.04 Å². The molecule has 0 amide bonds. The molecule has 0 radical (unpaired) electrons. The van der Waals surface area contributed by atoms with Crippen LogP contribution in [0.2, 0.25) is 5.02 Å². The van der Waals surface area contributed by atoms with Gasteiger partial charge >= 0.3 is 11.9 Å². The number of rotatable bonds is 2. The molecule has 6 heteroatoms. The van der Waals surface area contributed by atoms with Gasteiger partial charge in [0.2, 0.25) is 0 Å². The zero-order valence-electron chi connectivity index (χ0n) is 15.4. The number of fused-ring (bicyclic) bond motifs is 3. The molecular weight excluding hydrogens is 354 g/mol. The van der Waals surface area contributed by atoms with Gasteiger partial charge in [0.15, 0.2) is 5.41 Å². The van der Waals surface area contributed by atoms with E-state index in [1.54, 1.807) is 0 Å². The normalized spacial score (nSPS) is 22.1. The lowest BCUT2D eigenvalue weighted by atomic mass is 9.73. The largest absolute Gasteiger partial charge is 0.468 e. The number of esters is 2. The Morgan fingerprint density at radius 2 is 1.81 bits per heavy atom.